The number of quaternary nitrogens is 1. The third-order valence-electron chi connectivity index (χ3n) is 6.69. The van der Waals surface area contributed by atoms with E-state index in [-0.39, 0.29) is 11.3 Å². The number of benzene rings is 3. The lowest BCUT2D eigenvalue weighted by atomic mass is 10.0. The van der Waals surface area contributed by atoms with Crippen molar-refractivity contribution in [2.45, 2.75) is 6.92 Å². The number of carbonyl (C=O) groups excluding carboxylic acids is 1. The summed E-state index contributed by atoms with van der Waals surface area (Å²) >= 11 is 0. The van der Waals surface area contributed by atoms with E-state index in [0.717, 1.165) is 25.2 Å². The molecule has 5 heteroatoms. The van der Waals surface area contributed by atoms with Crippen LogP contribution < -0.4 is 10.3 Å². The van der Waals surface area contributed by atoms with Gasteiger partial charge in [0.1, 0.15) is 5.76 Å². The number of amides is 1. The quantitative estimate of drug-likeness (QED) is 0.488. The summed E-state index contributed by atoms with van der Waals surface area (Å²) < 4.78 is 6.26. The van der Waals surface area contributed by atoms with E-state index in [1.165, 1.54) is 10.5 Å². The Balaban J connectivity index is 1.34. The van der Waals surface area contributed by atoms with E-state index in [1.54, 1.807) is 25.1 Å². The fourth-order valence-electron chi connectivity index (χ4n) is 4.67. The predicted octanol–water partition coefficient (Wildman–Crippen LogP) is 3.82. The number of rotatable bonds is 5. The molecule has 2 heterocycles. The number of hydrogen-bond acceptors (Lipinski definition) is 3. The first-order valence-corrected chi connectivity index (χ1v) is 12.1. The second-order valence-electron chi connectivity index (χ2n) is 8.99. The molecule has 3 aromatic carbocycles. The number of hydrogen-bond donors (Lipinski definition) is 1. The van der Waals surface area contributed by atoms with E-state index in [2.05, 4.69) is 24.3 Å². The van der Waals surface area contributed by atoms with Gasteiger partial charge in [-0.15, -0.1) is 0 Å². The Morgan fingerprint density at radius 1 is 0.943 bits per heavy atom. The van der Waals surface area contributed by atoms with Gasteiger partial charge in [0.25, 0.3) is 5.91 Å². The molecule has 5 nitrogen and oxygen atoms in total. The average molecular weight is 466 g/mol. The Kier molecular flexibility index (Phi) is 6.59. The molecule has 176 valence electrons. The molecule has 1 amide bonds. The zero-order valence-corrected chi connectivity index (χ0v) is 19.9. The maximum Gasteiger partial charge on any atom is 0.258 e. The molecule has 1 aliphatic rings. The minimum atomic E-state index is -0.0979. The van der Waals surface area contributed by atoms with Crippen LogP contribution in [0.25, 0.3) is 28.4 Å². The van der Waals surface area contributed by atoms with Crippen molar-refractivity contribution < 1.29 is 14.1 Å². The molecular weight excluding hydrogens is 436 g/mol. The molecule has 0 bridgehead atoms. The molecule has 0 saturated carbocycles. The van der Waals surface area contributed by atoms with Gasteiger partial charge in [-0.1, -0.05) is 72.8 Å². The van der Waals surface area contributed by atoms with Crippen molar-refractivity contribution in [2.75, 3.05) is 32.7 Å². The summed E-state index contributed by atoms with van der Waals surface area (Å²) in [5.41, 5.74) is 3.29. The second kappa shape index (κ2) is 10.1. The van der Waals surface area contributed by atoms with Gasteiger partial charge in [0.15, 0.2) is 11.0 Å². The topological polar surface area (TPSA) is 55.0 Å². The third-order valence-corrected chi connectivity index (χ3v) is 6.69. The largest absolute Gasteiger partial charge is 0.455 e. The highest BCUT2D eigenvalue weighted by Crippen LogP contribution is 2.27. The third kappa shape index (κ3) is 4.81. The normalized spacial score (nSPS) is 14.6. The maximum absolute atomic E-state index is 13.5. The Bertz CT molecular complexity index is 1420. The summed E-state index contributed by atoms with van der Waals surface area (Å²) in [5, 5.41) is 0.448. The standard InChI is InChI=1S/C30H28N2O3/c1-22-27(33)25-15-8-16-26(29(25)35-28(22)24-13-6-3-7-14-24)30(34)32-20-18-31(19-21-32)17-9-12-23-10-4-2-5-11-23/h2-16H,17-21H2,1H3/p+1/b12-9+. The van der Waals surface area contributed by atoms with Crippen LogP contribution in [0.5, 0.6) is 0 Å². The van der Waals surface area contributed by atoms with Crippen LogP contribution in [0.1, 0.15) is 21.5 Å². The summed E-state index contributed by atoms with van der Waals surface area (Å²) in [4.78, 5) is 30.0. The van der Waals surface area contributed by atoms with Crippen molar-refractivity contribution in [2.24, 2.45) is 0 Å². The molecular formula is C30H29N2O3+. The van der Waals surface area contributed by atoms with E-state index in [1.807, 2.05) is 53.4 Å². The van der Waals surface area contributed by atoms with E-state index < -0.39 is 0 Å². The van der Waals surface area contributed by atoms with Gasteiger partial charge in [-0.2, -0.15) is 0 Å². The molecule has 35 heavy (non-hydrogen) atoms. The number of para-hydroxylation sites is 1. The molecule has 0 spiro atoms. The van der Waals surface area contributed by atoms with Crippen LogP contribution >= 0.6 is 0 Å². The van der Waals surface area contributed by atoms with E-state index in [9.17, 15) is 9.59 Å². The predicted molar refractivity (Wildman–Crippen MR) is 140 cm³/mol. The van der Waals surface area contributed by atoms with Crippen molar-refractivity contribution in [3.63, 3.8) is 0 Å². The zero-order chi connectivity index (χ0) is 24.2. The Labute approximate surface area is 204 Å². The van der Waals surface area contributed by atoms with E-state index >= 15 is 0 Å². The van der Waals surface area contributed by atoms with Gasteiger partial charge >= 0.3 is 0 Å². The van der Waals surface area contributed by atoms with Crippen molar-refractivity contribution >= 4 is 23.0 Å². The van der Waals surface area contributed by atoms with Gasteiger partial charge < -0.3 is 14.2 Å². The molecule has 1 N–H and O–H groups in total. The fraction of sp³-hybridized carbons (Fsp3) is 0.200. The first-order valence-electron chi connectivity index (χ1n) is 12.1. The summed E-state index contributed by atoms with van der Waals surface area (Å²) in [6.07, 6.45) is 4.35. The van der Waals surface area contributed by atoms with Crippen LogP contribution in [-0.2, 0) is 0 Å². The highest BCUT2D eigenvalue weighted by molar-refractivity contribution is 6.05. The van der Waals surface area contributed by atoms with E-state index in [0.29, 0.717) is 40.9 Å². The molecule has 0 radical (unpaired) electrons. The van der Waals surface area contributed by atoms with Gasteiger partial charge in [0.05, 0.1) is 43.7 Å². The lowest BCUT2D eigenvalue weighted by Crippen LogP contribution is -3.14. The van der Waals surface area contributed by atoms with Crippen LogP contribution in [0.3, 0.4) is 0 Å². The number of nitrogens with zero attached hydrogens (tertiary/aromatic N) is 1. The van der Waals surface area contributed by atoms with Crippen LogP contribution in [-0.4, -0.2) is 43.5 Å². The molecule has 1 aromatic heterocycles. The van der Waals surface area contributed by atoms with Gasteiger partial charge in [0.2, 0.25) is 0 Å². The summed E-state index contributed by atoms with van der Waals surface area (Å²) in [6.45, 7) is 5.81. The highest BCUT2D eigenvalue weighted by atomic mass is 16.3. The van der Waals surface area contributed by atoms with Gasteiger partial charge in [0, 0.05) is 11.1 Å². The lowest BCUT2D eigenvalue weighted by Gasteiger charge is -2.31. The molecule has 1 saturated heterocycles. The SMILES string of the molecule is Cc1c(-c2ccccc2)oc2c(C(=O)N3CC[NH+](C/C=C/c4ccccc4)CC3)cccc2c1=O. The molecule has 5 rings (SSSR count). The molecule has 1 aliphatic heterocycles. The minimum absolute atomic E-state index is 0.0829. The number of piperazine rings is 1. The average Bonchev–Trinajstić information content (AvgIpc) is 2.91. The Morgan fingerprint density at radius 3 is 2.34 bits per heavy atom. The first-order chi connectivity index (χ1) is 17.1. The number of nitrogens with one attached hydrogen (secondary N) is 1. The van der Waals surface area contributed by atoms with Gasteiger partial charge in [-0.05, 0) is 30.7 Å². The smallest absolute Gasteiger partial charge is 0.258 e. The molecule has 0 unspecified atom stereocenters. The number of fused-ring (bicyclic) bond motifs is 1. The maximum atomic E-state index is 13.5. The molecule has 4 aromatic rings. The fourth-order valence-corrected chi connectivity index (χ4v) is 4.67. The second-order valence-corrected chi connectivity index (χ2v) is 8.99. The van der Waals surface area contributed by atoms with E-state index in [4.69, 9.17) is 4.42 Å². The van der Waals surface area contributed by atoms with Crippen LogP contribution in [0, 0.1) is 6.92 Å². The van der Waals surface area contributed by atoms with Crippen LogP contribution in [0.15, 0.2) is 94.2 Å². The zero-order valence-electron chi connectivity index (χ0n) is 19.9. The number of carbonyl (C=O) groups is 1. The van der Waals surface area contributed by atoms with Crippen LogP contribution in [0.2, 0.25) is 0 Å². The Hall–Kier alpha value is -3.96. The highest BCUT2D eigenvalue weighted by Gasteiger charge is 2.26. The van der Waals surface area contributed by atoms with Gasteiger partial charge in [-0.25, -0.2) is 0 Å². The van der Waals surface area contributed by atoms with Crippen molar-refractivity contribution in [3.8, 4) is 11.3 Å². The van der Waals surface area contributed by atoms with Crippen molar-refractivity contribution in [1.29, 1.82) is 0 Å². The Morgan fingerprint density at radius 2 is 1.63 bits per heavy atom. The first kappa shape index (κ1) is 22.8. The van der Waals surface area contributed by atoms with Crippen LogP contribution in [0.4, 0.5) is 0 Å². The van der Waals surface area contributed by atoms with Gasteiger partial charge in [-0.3, -0.25) is 9.59 Å². The molecule has 0 aliphatic carbocycles. The summed E-state index contributed by atoms with van der Waals surface area (Å²) in [6, 6.07) is 25.1. The molecule has 0 atom stereocenters. The van der Waals surface area contributed by atoms with Crippen molar-refractivity contribution in [1.82, 2.24) is 4.90 Å². The monoisotopic (exact) mass is 465 g/mol. The van der Waals surface area contributed by atoms with Crippen molar-refractivity contribution in [3.05, 3.63) is 112 Å². The minimum Gasteiger partial charge on any atom is -0.455 e. The lowest BCUT2D eigenvalue weighted by molar-refractivity contribution is -0.898. The molecule has 1 fully saturated rings. The summed E-state index contributed by atoms with van der Waals surface area (Å²) in [7, 11) is 0. The summed E-state index contributed by atoms with van der Waals surface area (Å²) in [5.74, 6) is 0.434.